The number of ether oxygens (including phenoxy) is 1. The molecule has 0 spiro atoms. The van der Waals surface area contributed by atoms with Gasteiger partial charge in [0, 0.05) is 26.4 Å². The van der Waals surface area contributed by atoms with Crippen molar-refractivity contribution in [3.63, 3.8) is 0 Å². The first kappa shape index (κ1) is 23.1. The average Bonchev–Trinajstić information content (AvgIpc) is 2.87. The first-order chi connectivity index (χ1) is 14.8. The van der Waals surface area contributed by atoms with Gasteiger partial charge in [-0.15, -0.1) is 0 Å². The fraction of sp³-hybridized carbons (Fsp3) is 0.524. The molecule has 168 valence electrons. The van der Waals surface area contributed by atoms with Gasteiger partial charge in [0.15, 0.2) is 11.3 Å². The highest BCUT2D eigenvalue weighted by atomic mass is 32.2. The van der Waals surface area contributed by atoms with Crippen LogP contribution in [0.25, 0.3) is 0 Å². The van der Waals surface area contributed by atoms with Crippen LogP contribution in [0.3, 0.4) is 0 Å². The van der Waals surface area contributed by atoms with Crippen LogP contribution in [0.5, 0.6) is 0 Å². The average molecular weight is 450 g/mol. The number of hydrogen-bond acceptors (Lipinski definition) is 7. The largest absolute Gasteiger partial charge is 0.507 e. The molecule has 0 bridgehead atoms. The van der Waals surface area contributed by atoms with Crippen LogP contribution in [-0.4, -0.2) is 68.8 Å². The number of hydrogen-bond donors (Lipinski definition) is 2. The zero-order valence-corrected chi connectivity index (χ0v) is 18.2. The zero-order valence-electron chi connectivity index (χ0n) is 17.4. The van der Waals surface area contributed by atoms with Crippen molar-refractivity contribution < 1.29 is 29.0 Å². The van der Waals surface area contributed by atoms with Gasteiger partial charge in [-0.3, -0.25) is 14.4 Å². The minimum absolute atomic E-state index is 0.180. The Hall–Kier alpha value is -2.59. The molecule has 10 heteroatoms. The van der Waals surface area contributed by atoms with Crippen molar-refractivity contribution in [3.05, 3.63) is 35.9 Å². The van der Waals surface area contributed by atoms with E-state index in [2.05, 4.69) is 5.32 Å². The zero-order chi connectivity index (χ0) is 22.4. The summed E-state index contributed by atoms with van der Waals surface area (Å²) in [6.07, 6.45) is 0.238. The Balaban J connectivity index is 1.73. The lowest BCUT2D eigenvalue weighted by Crippen LogP contribution is -2.60. The van der Waals surface area contributed by atoms with Crippen molar-refractivity contribution in [1.29, 1.82) is 0 Å². The number of carbonyl (C=O) groups is 4. The van der Waals surface area contributed by atoms with Crippen molar-refractivity contribution in [2.24, 2.45) is 0 Å². The number of hydrazine groups is 1. The number of thioether (sulfide) groups is 1. The predicted molar refractivity (Wildman–Crippen MR) is 114 cm³/mol. The minimum atomic E-state index is -1.44. The first-order valence-corrected chi connectivity index (χ1v) is 11.2. The van der Waals surface area contributed by atoms with Crippen LogP contribution in [0, 0.1) is 0 Å². The number of nitrogens with one attached hydrogen (secondary N) is 1. The van der Waals surface area contributed by atoms with Gasteiger partial charge in [-0.25, -0.2) is 14.8 Å². The Morgan fingerprint density at radius 1 is 1.19 bits per heavy atom. The van der Waals surface area contributed by atoms with Crippen LogP contribution in [-0.2, 0) is 25.5 Å². The summed E-state index contributed by atoms with van der Waals surface area (Å²) < 4.78 is 4.94. The Morgan fingerprint density at radius 2 is 1.87 bits per heavy atom. The maximum absolute atomic E-state index is 13.2. The molecule has 0 radical (unpaired) electrons. The Bertz CT molecular complexity index is 821. The molecule has 3 atom stereocenters. The third-order valence-electron chi connectivity index (χ3n) is 5.30. The molecule has 2 amide bonds. The highest BCUT2D eigenvalue weighted by molar-refractivity contribution is 8.14. The highest BCUT2D eigenvalue weighted by Crippen LogP contribution is 2.25. The van der Waals surface area contributed by atoms with Gasteiger partial charge in [-0.1, -0.05) is 42.1 Å². The summed E-state index contributed by atoms with van der Waals surface area (Å²) >= 11 is 0.941. The second-order valence-electron chi connectivity index (χ2n) is 7.61. The molecule has 0 saturated carbocycles. The van der Waals surface area contributed by atoms with Crippen molar-refractivity contribution in [2.75, 3.05) is 13.1 Å². The second kappa shape index (κ2) is 10.6. The molecule has 0 aliphatic carbocycles. The van der Waals surface area contributed by atoms with Crippen molar-refractivity contribution >= 4 is 34.8 Å². The van der Waals surface area contributed by atoms with Crippen molar-refractivity contribution in [3.8, 4) is 0 Å². The van der Waals surface area contributed by atoms with Crippen molar-refractivity contribution in [2.45, 2.75) is 56.5 Å². The second-order valence-corrected chi connectivity index (χ2v) is 8.99. The van der Waals surface area contributed by atoms with Gasteiger partial charge in [0.25, 0.3) is 5.91 Å². The predicted octanol–water partition coefficient (Wildman–Crippen LogP) is 2.02. The number of carboxylic acid groups (broad SMARTS) is 1. The molecular formula is C21H27N3O6S. The minimum Gasteiger partial charge on any atom is -0.450 e. The molecule has 1 aromatic carbocycles. The van der Waals surface area contributed by atoms with E-state index in [9.17, 15) is 19.2 Å². The lowest BCUT2D eigenvalue weighted by molar-refractivity contribution is -0.190. The Labute approximate surface area is 185 Å². The number of rotatable bonds is 6. The summed E-state index contributed by atoms with van der Waals surface area (Å²) in [5, 5.41) is 14.1. The van der Waals surface area contributed by atoms with Gasteiger partial charge in [0.2, 0.25) is 5.91 Å². The molecule has 0 aromatic heterocycles. The fourth-order valence-corrected chi connectivity index (χ4v) is 4.81. The van der Waals surface area contributed by atoms with E-state index in [1.165, 1.54) is 11.9 Å². The van der Waals surface area contributed by atoms with Gasteiger partial charge in [0.1, 0.15) is 6.04 Å². The maximum atomic E-state index is 13.2. The first-order valence-electron chi connectivity index (χ1n) is 10.3. The molecule has 2 aliphatic heterocycles. The van der Waals surface area contributed by atoms with E-state index in [1.807, 2.05) is 30.3 Å². The van der Waals surface area contributed by atoms with Gasteiger partial charge in [-0.05, 0) is 31.2 Å². The van der Waals surface area contributed by atoms with Crippen LogP contribution in [0.4, 0.5) is 4.79 Å². The molecule has 2 N–H and O–H groups in total. The number of amides is 2. The van der Waals surface area contributed by atoms with Crippen LogP contribution in [0.1, 0.15) is 38.2 Å². The molecular weight excluding hydrogens is 422 g/mol. The monoisotopic (exact) mass is 449 g/mol. The molecule has 0 unspecified atom stereocenters. The van der Waals surface area contributed by atoms with E-state index in [0.717, 1.165) is 17.3 Å². The fourth-order valence-electron chi connectivity index (χ4n) is 3.96. The summed E-state index contributed by atoms with van der Waals surface area (Å²) in [5.74, 6) is -0.772. The van der Waals surface area contributed by atoms with E-state index < -0.39 is 23.7 Å². The normalized spacial score (nSPS) is 22.7. The summed E-state index contributed by atoms with van der Waals surface area (Å²) in [6.45, 7) is 2.61. The van der Waals surface area contributed by atoms with E-state index in [0.29, 0.717) is 45.2 Å². The van der Waals surface area contributed by atoms with E-state index in [-0.39, 0.29) is 16.9 Å². The van der Waals surface area contributed by atoms with Crippen molar-refractivity contribution in [1.82, 2.24) is 15.3 Å². The molecule has 3 rings (SSSR count). The summed E-state index contributed by atoms with van der Waals surface area (Å²) in [6, 6.07) is 8.58. The van der Waals surface area contributed by atoms with Crippen LogP contribution >= 0.6 is 11.8 Å². The molecule has 9 nitrogen and oxygen atoms in total. The standard InChI is InChI=1S/C21H27N3O6S/c1-14(25)31-17(13-15-7-3-2-4-8-15)19(26)22-16-9-5-11-23-12-6-10-18(30-21(28)29)24(23)20(16)27/h2-4,7-8,16-18H,5-6,9-13H2,1H3,(H,22,26)(H,28,29)/t16-,17-,18-/m0/s1. The SMILES string of the molecule is CC(=O)S[C@@H](Cc1ccccc1)C(=O)N[C@H]1CCCN2CCC[C@H](OC(=O)O)N2C1=O. The molecule has 2 aliphatic rings. The lowest BCUT2D eigenvalue weighted by atomic mass is 10.1. The smallest absolute Gasteiger partial charge is 0.450 e. The lowest BCUT2D eigenvalue weighted by Gasteiger charge is -2.42. The number of carbonyl (C=O) groups excluding carboxylic acids is 3. The van der Waals surface area contributed by atoms with Gasteiger partial charge in [-0.2, -0.15) is 0 Å². The summed E-state index contributed by atoms with van der Waals surface area (Å²) in [5.41, 5.74) is 0.917. The summed E-state index contributed by atoms with van der Waals surface area (Å²) in [7, 11) is 0. The molecule has 2 fully saturated rings. The Morgan fingerprint density at radius 3 is 2.52 bits per heavy atom. The van der Waals surface area contributed by atoms with Crippen LogP contribution in [0.15, 0.2) is 30.3 Å². The van der Waals surface area contributed by atoms with Crippen LogP contribution < -0.4 is 5.32 Å². The van der Waals surface area contributed by atoms with E-state index in [1.54, 1.807) is 5.01 Å². The van der Waals surface area contributed by atoms with E-state index in [4.69, 9.17) is 9.84 Å². The maximum Gasteiger partial charge on any atom is 0.507 e. The molecule has 31 heavy (non-hydrogen) atoms. The molecule has 1 aromatic rings. The topological polar surface area (TPSA) is 116 Å². The van der Waals surface area contributed by atoms with Crippen LogP contribution in [0.2, 0.25) is 0 Å². The number of benzene rings is 1. The third kappa shape index (κ3) is 6.20. The summed E-state index contributed by atoms with van der Waals surface area (Å²) in [4.78, 5) is 49.1. The molecule has 2 heterocycles. The highest BCUT2D eigenvalue weighted by Gasteiger charge is 2.41. The molecule has 2 saturated heterocycles. The van der Waals surface area contributed by atoms with E-state index >= 15 is 0 Å². The third-order valence-corrected chi connectivity index (χ3v) is 6.29. The Kier molecular flexibility index (Phi) is 7.91. The van der Waals surface area contributed by atoms with Gasteiger partial charge >= 0.3 is 6.16 Å². The number of fused-ring (bicyclic) bond motifs is 1. The quantitative estimate of drug-likeness (QED) is 0.634. The van der Waals surface area contributed by atoms with Gasteiger partial charge in [0.05, 0.1) is 5.25 Å². The number of nitrogens with zero attached hydrogens (tertiary/aromatic N) is 2. The van der Waals surface area contributed by atoms with Gasteiger partial charge < -0.3 is 15.2 Å².